The molecule has 0 N–H and O–H groups in total. The third kappa shape index (κ3) is 4.12. The van der Waals surface area contributed by atoms with E-state index in [0.717, 1.165) is 6.54 Å². The highest BCUT2D eigenvalue weighted by atomic mass is 32.2. The number of hydrogen-bond acceptors (Lipinski definition) is 2. The lowest BCUT2D eigenvalue weighted by Crippen LogP contribution is -2.31. The highest BCUT2D eigenvalue weighted by Gasteiger charge is 2.21. The Balaban J connectivity index is 0.000000637. The molecule has 0 unspecified atom stereocenters. The van der Waals surface area contributed by atoms with Gasteiger partial charge in [-0.3, -0.25) is 4.90 Å². The Morgan fingerprint density at radius 2 is 1.89 bits per heavy atom. The maximum Gasteiger partial charge on any atom is 0.0237 e. The summed E-state index contributed by atoms with van der Waals surface area (Å²) in [6.07, 6.45) is 4.00. The van der Waals surface area contributed by atoms with E-state index in [1.54, 1.807) is 10.5 Å². The third-order valence-electron chi connectivity index (χ3n) is 3.61. The van der Waals surface area contributed by atoms with Gasteiger partial charge in [0.25, 0.3) is 0 Å². The monoisotopic (exact) mass is 275 g/mol. The molecular weight excluding hydrogens is 250 g/mol. The zero-order valence-corrected chi connectivity index (χ0v) is 13.0. The Hall–Kier alpha value is -0.730. The summed E-state index contributed by atoms with van der Waals surface area (Å²) in [7, 11) is 0. The van der Waals surface area contributed by atoms with Crippen molar-refractivity contribution in [3.8, 4) is 0 Å². The van der Waals surface area contributed by atoms with Gasteiger partial charge in [-0.05, 0) is 41.1 Å². The molecule has 19 heavy (non-hydrogen) atoms. The van der Waals surface area contributed by atoms with Gasteiger partial charge in [0.2, 0.25) is 0 Å². The quantitative estimate of drug-likeness (QED) is 0.769. The van der Waals surface area contributed by atoms with E-state index < -0.39 is 0 Å². The van der Waals surface area contributed by atoms with Crippen molar-refractivity contribution in [3.05, 3.63) is 46.4 Å². The van der Waals surface area contributed by atoms with Crippen LogP contribution in [-0.2, 0) is 6.54 Å². The van der Waals surface area contributed by atoms with Crippen LogP contribution in [0.4, 0.5) is 0 Å². The number of nitrogens with zero attached hydrogens (tertiary/aromatic N) is 1. The first-order valence-electron chi connectivity index (χ1n) is 7.52. The SMILES string of the molecule is CC.c1ccc(CN2CCC3=C(CCCS3)C2)cc1. The van der Waals surface area contributed by atoms with Crippen LogP contribution >= 0.6 is 11.8 Å². The van der Waals surface area contributed by atoms with Crippen molar-refractivity contribution < 1.29 is 0 Å². The first kappa shape index (κ1) is 14.7. The predicted molar refractivity (Wildman–Crippen MR) is 86.4 cm³/mol. The van der Waals surface area contributed by atoms with E-state index in [1.165, 1.54) is 43.7 Å². The van der Waals surface area contributed by atoms with E-state index in [2.05, 4.69) is 47.0 Å². The largest absolute Gasteiger partial charge is 0.295 e. The summed E-state index contributed by atoms with van der Waals surface area (Å²) in [4.78, 5) is 4.31. The van der Waals surface area contributed by atoms with Crippen molar-refractivity contribution in [2.24, 2.45) is 0 Å². The number of rotatable bonds is 2. The van der Waals surface area contributed by atoms with Gasteiger partial charge >= 0.3 is 0 Å². The van der Waals surface area contributed by atoms with Crippen LogP contribution in [0.25, 0.3) is 0 Å². The average Bonchev–Trinajstić information content (AvgIpc) is 2.50. The van der Waals surface area contributed by atoms with Gasteiger partial charge in [0.15, 0.2) is 0 Å². The highest BCUT2D eigenvalue weighted by molar-refractivity contribution is 8.03. The summed E-state index contributed by atoms with van der Waals surface area (Å²) >= 11 is 2.11. The molecule has 1 aromatic carbocycles. The fourth-order valence-corrected chi connectivity index (χ4v) is 3.87. The molecule has 0 fully saturated rings. The Kier molecular flexibility index (Phi) is 5.99. The Bertz CT molecular complexity index is 411. The molecule has 0 bridgehead atoms. The first-order chi connectivity index (χ1) is 9.42. The van der Waals surface area contributed by atoms with Crippen molar-refractivity contribution in [2.75, 3.05) is 18.8 Å². The van der Waals surface area contributed by atoms with Crippen LogP contribution in [0.3, 0.4) is 0 Å². The summed E-state index contributed by atoms with van der Waals surface area (Å²) in [6, 6.07) is 10.8. The fourth-order valence-electron chi connectivity index (χ4n) is 2.72. The van der Waals surface area contributed by atoms with Crippen LogP contribution in [0.1, 0.15) is 38.7 Å². The van der Waals surface area contributed by atoms with E-state index in [0.29, 0.717) is 0 Å². The van der Waals surface area contributed by atoms with Gasteiger partial charge in [-0.1, -0.05) is 44.2 Å². The highest BCUT2D eigenvalue weighted by Crippen LogP contribution is 2.35. The molecule has 3 rings (SSSR count). The number of hydrogen-bond donors (Lipinski definition) is 0. The summed E-state index contributed by atoms with van der Waals surface area (Å²) in [6.45, 7) is 7.56. The standard InChI is InChI=1S/C15H19NS.C2H6/c1-2-5-13(6-3-1)11-16-9-8-15-14(12-16)7-4-10-17-15;1-2/h1-3,5-6H,4,7-12H2;1-2H3. The lowest BCUT2D eigenvalue weighted by Gasteiger charge is -2.32. The van der Waals surface area contributed by atoms with Gasteiger partial charge in [-0.15, -0.1) is 11.8 Å². The molecule has 0 amide bonds. The molecule has 0 atom stereocenters. The van der Waals surface area contributed by atoms with Gasteiger partial charge in [-0.2, -0.15) is 0 Å². The van der Waals surface area contributed by atoms with Gasteiger partial charge in [0.05, 0.1) is 0 Å². The molecule has 0 saturated heterocycles. The molecule has 0 aliphatic carbocycles. The van der Waals surface area contributed by atoms with Crippen LogP contribution in [0.5, 0.6) is 0 Å². The van der Waals surface area contributed by atoms with Crippen molar-refractivity contribution >= 4 is 11.8 Å². The second-order valence-corrected chi connectivity index (χ2v) is 6.11. The Morgan fingerprint density at radius 1 is 1.11 bits per heavy atom. The molecule has 0 spiro atoms. The molecule has 2 heterocycles. The Labute approximate surface area is 122 Å². The first-order valence-corrected chi connectivity index (χ1v) is 8.50. The summed E-state index contributed by atoms with van der Waals surface area (Å²) in [5, 5.41) is 0. The zero-order valence-electron chi connectivity index (χ0n) is 12.2. The van der Waals surface area contributed by atoms with Crippen LogP contribution in [0, 0.1) is 0 Å². The second kappa shape index (κ2) is 7.76. The third-order valence-corrected chi connectivity index (χ3v) is 4.95. The molecule has 0 radical (unpaired) electrons. The van der Waals surface area contributed by atoms with Crippen molar-refractivity contribution in [1.29, 1.82) is 0 Å². The summed E-state index contributed by atoms with van der Waals surface area (Å²) < 4.78 is 0. The topological polar surface area (TPSA) is 3.24 Å². The number of thioether (sulfide) groups is 1. The smallest absolute Gasteiger partial charge is 0.0237 e. The molecule has 2 heteroatoms. The second-order valence-electron chi connectivity index (χ2n) is 4.92. The minimum absolute atomic E-state index is 1.11. The van der Waals surface area contributed by atoms with Crippen molar-refractivity contribution in [1.82, 2.24) is 4.90 Å². The van der Waals surface area contributed by atoms with E-state index in [-0.39, 0.29) is 0 Å². The van der Waals surface area contributed by atoms with Gasteiger partial charge < -0.3 is 0 Å². The van der Waals surface area contributed by atoms with E-state index in [9.17, 15) is 0 Å². The molecule has 1 aromatic rings. The van der Waals surface area contributed by atoms with Gasteiger partial charge in [-0.25, -0.2) is 0 Å². The fraction of sp³-hybridized carbons (Fsp3) is 0.529. The molecule has 0 saturated carbocycles. The molecule has 1 nitrogen and oxygen atoms in total. The summed E-state index contributed by atoms with van der Waals surface area (Å²) in [5.74, 6) is 1.34. The average molecular weight is 275 g/mol. The molecule has 0 aromatic heterocycles. The van der Waals surface area contributed by atoms with Crippen molar-refractivity contribution in [2.45, 2.75) is 39.7 Å². The molecular formula is C17H25NS. The predicted octanol–water partition coefficient (Wildman–Crippen LogP) is 4.70. The minimum Gasteiger partial charge on any atom is -0.295 e. The van der Waals surface area contributed by atoms with E-state index >= 15 is 0 Å². The Morgan fingerprint density at radius 3 is 2.68 bits per heavy atom. The molecule has 2 aliphatic rings. The maximum absolute atomic E-state index is 2.60. The van der Waals surface area contributed by atoms with E-state index in [4.69, 9.17) is 0 Å². The van der Waals surface area contributed by atoms with Crippen LogP contribution in [0.15, 0.2) is 40.8 Å². The zero-order chi connectivity index (χ0) is 13.5. The summed E-state index contributed by atoms with van der Waals surface area (Å²) in [5.41, 5.74) is 3.17. The lowest BCUT2D eigenvalue weighted by atomic mass is 10.0. The normalized spacial score (nSPS) is 19.5. The van der Waals surface area contributed by atoms with Gasteiger partial charge in [0.1, 0.15) is 0 Å². The van der Waals surface area contributed by atoms with Crippen molar-refractivity contribution in [3.63, 3.8) is 0 Å². The van der Waals surface area contributed by atoms with E-state index in [1.807, 2.05) is 13.8 Å². The lowest BCUT2D eigenvalue weighted by molar-refractivity contribution is 0.276. The van der Waals surface area contributed by atoms with Crippen LogP contribution in [-0.4, -0.2) is 23.7 Å². The van der Waals surface area contributed by atoms with Crippen LogP contribution < -0.4 is 0 Å². The van der Waals surface area contributed by atoms with Crippen LogP contribution in [0.2, 0.25) is 0 Å². The maximum atomic E-state index is 2.60. The number of benzene rings is 1. The molecule has 2 aliphatic heterocycles. The van der Waals surface area contributed by atoms with Gasteiger partial charge in [0, 0.05) is 19.6 Å². The minimum atomic E-state index is 1.11. The molecule has 104 valence electrons.